The molecule has 0 aromatic rings. The molecule has 0 heterocycles. The molecule has 0 bridgehead atoms. The van der Waals surface area contributed by atoms with Crippen LogP contribution in [0.5, 0.6) is 0 Å². The van der Waals surface area contributed by atoms with Crippen LogP contribution in [0.1, 0.15) is 329 Å². The van der Waals surface area contributed by atoms with E-state index in [0.717, 1.165) is 83.5 Å². The second-order valence-electron chi connectivity index (χ2n) is 21.0. The first-order valence-corrected chi connectivity index (χ1v) is 31.1. The highest BCUT2D eigenvalue weighted by Gasteiger charge is 2.19. The Kier molecular flexibility index (Phi) is 57.7. The monoisotopic (exact) mass is 995 g/mol. The molecule has 0 aliphatic rings. The van der Waals surface area contributed by atoms with E-state index < -0.39 is 6.10 Å². The van der Waals surface area contributed by atoms with E-state index in [1.54, 1.807) is 0 Å². The smallest absolute Gasteiger partial charge is 0.306 e. The Labute approximate surface area is 441 Å². The lowest BCUT2D eigenvalue weighted by molar-refractivity contribution is -0.167. The molecule has 0 amide bonds. The zero-order chi connectivity index (χ0) is 51.4. The highest BCUT2D eigenvalue weighted by atomic mass is 16.6. The number of unbranched alkanes of at least 4 members (excludes halogenated alkanes) is 38. The molecule has 0 spiro atoms. The van der Waals surface area contributed by atoms with Crippen molar-refractivity contribution in [3.8, 4) is 0 Å². The summed E-state index contributed by atoms with van der Waals surface area (Å²) in [6, 6.07) is 0. The molecule has 0 aliphatic heterocycles. The minimum atomic E-state index is -0.778. The molecule has 0 N–H and O–H groups in total. The molecule has 6 heteroatoms. The number of carbonyl (C=O) groups is 3. The van der Waals surface area contributed by atoms with Gasteiger partial charge in [0.05, 0.1) is 0 Å². The van der Waals surface area contributed by atoms with Gasteiger partial charge in [-0.3, -0.25) is 14.4 Å². The second-order valence-corrected chi connectivity index (χ2v) is 21.0. The third-order valence-electron chi connectivity index (χ3n) is 13.8. The maximum Gasteiger partial charge on any atom is 0.306 e. The van der Waals surface area contributed by atoms with Crippen LogP contribution in [0.3, 0.4) is 0 Å². The summed E-state index contributed by atoms with van der Waals surface area (Å²) in [6.45, 7) is 6.60. The zero-order valence-electron chi connectivity index (χ0n) is 47.5. The van der Waals surface area contributed by atoms with E-state index in [4.69, 9.17) is 14.2 Å². The molecule has 0 fully saturated rings. The lowest BCUT2D eigenvalue weighted by atomic mass is 10.0. The molecule has 1 atom stereocenters. The van der Waals surface area contributed by atoms with Gasteiger partial charge in [0.2, 0.25) is 0 Å². The van der Waals surface area contributed by atoms with E-state index in [-0.39, 0.29) is 31.1 Å². The van der Waals surface area contributed by atoms with E-state index in [1.807, 2.05) is 0 Å². The van der Waals surface area contributed by atoms with Gasteiger partial charge in [0, 0.05) is 19.3 Å². The summed E-state index contributed by atoms with van der Waals surface area (Å²) < 4.78 is 16.8. The standard InChI is InChI=1S/C65H118O6/c1-4-7-10-13-16-19-22-25-26-27-28-29-30-31-32-33-34-35-36-37-38-39-40-41-44-46-49-52-55-58-64(67)70-61-62(71-65(68)59-56-53-50-47-43-24-21-18-15-12-9-6-3)60-69-63(66)57-54-51-48-45-42-23-20-17-14-11-8-5-2/h17-18,20-22,25,27-28,62H,4-16,19,23-24,26,29-61H2,1-3H3/b20-17-,21-18-,25-22-,28-27-. The fraction of sp³-hybridized carbons (Fsp3) is 0.831. The molecule has 71 heavy (non-hydrogen) atoms. The average Bonchev–Trinajstić information content (AvgIpc) is 3.37. The summed E-state index contributed by atoms with van der Waals surface area (Å²) in [7, 11) is 0. The van der Waals surface area contributed by atoms with E-state index in [9.17, 15) is 14.4 Å². The van der Waals surface area contributed by atoms with E-state index in [2.05, 4.69) is 69.4 Å². The molecular formula is C65H118O6. The molecule has 414 valence electrons. The molecule has 0 saturated carbocycles. The second kappa shape index (κ2) is 59.9. The topological polar surface area (TPSA) is 78.9 Å². The van der Waals surface area contributed by atoms with E-state index in [1.165, 1.54) is 205 Å². The molecule has 6 nitrogen and oxygen atoms in total. The Morgan fingerprint density at radius 3 is 0.817 bits per heavy atom. The highest BCUT2D eigenvalue weighted by molar-refractivity contribution is 5.71. The largest absolute Gasteiger partial charge is 0.462 e. The third-order valence-corrected chi connectivity index (χ3v) is 13.8. The number of allylic oxidation sites excluding steroid dienone is 8. The Morgan fingerprint density at radius 2 is 0.507 bits per heavy atom. The van der Waals surface area contributed by atoms with Gasteiger partial charge in [-0.2, -0.15) is 0 Å². The zero-order valence-corrected chi connectivity index (χ0v) is 47.5. The van der Waals surface area contributed by atoms with Crippen LogP contribution in [0.4, 0.5) is 0 Å². The molecule has 0 aromatic heterocycles. The Morgan fingerprint density at radius 1 is 0.282 bits per heavy atom. The maximum atomic E-state index is 12.8. The van der Waals surface area contributed by atoms with Crippen molar-refractivity contribution in [2.75, 3.05) is 13.2 Å². The van der Waals surface area contributed by atoms with Crippen molar-refractivity contribution in [1.29, 1.82) is 0 Å². The molecular weight excluding hydrogens is 877 g/mol. The minimum Gasteiger partial charge on any atom is -0.462 e. The van der Waals surface area contributed by atoms with Gasteiger partial charge in [0.1, 0.15) is 13.2 Å². The number of hydrogen-bond donors (Lipinski definition) is 0. The van der Waals surface area contributed by atoms with Crippen LogP contribution in [0, 0.1) is 0 Å². The lowest BCUT2D eigenvalue weighted by Gasteiger charge is -2.18. The number of esters is 3. The molecule has 0 saturated heterocycles. The van der Waals surface area contributed by atoms with Crippen molar-refractivity contribution in [2.24, 2.45) is 0 Å². The van der Waals surface area contributed by atoms with Crippen molar-refractivity contribution in [1.82, 2.24) is 0 Å². The number of rotatable bonds is 57. The quantitative estimate of drug-likeness (QED) is 0.0261. The van der Waals surface area contributed by atoms with Crippen LogP contribution in [-0.4, -0.2) is 37.2 Å². The minimum absolute atomic E-state index is 0.0762. The first kappa shape index (κ1) is 68.4. The predicted octanol–water partition coefficient (Wildman–Crippen LogP) is 21.0. The molecule has 0 aliphatic carbocycles. The lowest BCUT2D eigenvalue weighted by Crippen LogP contribution is -2.30. The number of carbonyl (C=O) groups excluding carboxylic acids is 3. The van der Waals surface area contributed by atoms with Gasteiger partial charge in [-0.1, -0.05) is 256 Å². The van der Waals surface area contributed by atoms with Crippen LogP contribution in [0.2, 0.25) is 0 Å². The van der Waals surface area contributed by atoms with Crippen molar-refractivity contribution in [3.05, 3.63) is 48.6 Å². The summed E-state index contributed by atoms with van der Waals surface area (Å²) >= 11 is 0. The Bertz CT molecular complexity index is 1230. The summed E-state index contributed by atoms with van der Waals surface area (Å²) in [4.78, 5) is 38.1. The Hall–Kier alpha value is -2.63. The summed E-state index contributed by atoms with van der Waals surface area (Å²) in [5, 5.41) is 0. The predicted molar refractivity (Wildman–Crippen MR) is 307 cm³/mol. The van der Waals surface area contributed by atoms with Gasteiger partial charge in [-0.15, -0.1) is 0 Å². The van der Waals surface area contributed by atoms with Crippen LogP contribution in [0.15, 0.2) is 48.6 Å². The van der Waals surface area contributed by atoms with Gasteiger partial charge in [-0.25, -0.2) is 0 Å². The third kappa shape index (κ3) is 58.1. The van der Waals surface area contributed by atoms with Crippen molar-refractivity contribution < 1.29 is 28.6 Å². The van der Waals surface area contributed by atoms with Crippen LogP contribution in [0.25, 0.3) is 0 Å². The van der Waals surface area contributed by atoms with Crippen molar-refractivity contribution in [3.63, 3.8) is 0 Å². The van der Waals surface area contributed by atoms with Crippen molar-refractivity contribution in [2.45, 2.75) is 335 Å². The number of hydrogen-bond acceptors (Lipinski definition) is 6. The van der Waals surface area contributed by atoms with Gasteiger partial charge in [-0.05, 0) is 103 Å². The summed E-state index contributed by atoms with van der Waals surface area (Å²) in [5.74, 6) is -0.881. The molecule has 0 aromatic carbocycles. The van der Waals surface area contributed by atoms with E-state index >= 15 is 0 Å². The van der Waals surface area contributed by atoms with E-state index in [0.29, 0.717) is 19.3 Å². The fourth-order valence-electron chi connectivity index (χ4n) is 9.05. The maximum absolute atomic E-state index is 12.8. The molecule has 0 radical (unpaired) electrons. The van der Waals surface area contributed by atoms with Gasteiger partial charge < -0.3 is 14.2 Å². The normalized spacial score (nSPS) is 12.3. The van der Waals surface area contributed by atoms with Gasteiger partial charge >= 0.3 is 17.9 Å². The number of ether oxygens (including phenoxy) is 3. The summed E-state index contributed by atoms with van der Waals surface area (Å²) in [5.41, 5.74) is 0. The van der Waals surface area contributed by atoms with Crippen LogP contribution in [-0.2, 0) is 28.6 Å². The SMILES string of the molecule is CCCCC/C=C\CCCCCCCC(=O)OCC(COC(=O)CCCCCCCCCCCCCCCCCCC/C=C\C/C=C\CCCCCCC)OC(=O)CCCCCCC/C=C\CCCCC. The highest BCUT2D eigenvalue weighted by Crippen LogP contribution is 2.17. The van der Waals surface area contributed by atoms with Crippen molar-refractivity contribution >= 4 is 17.9 Å². The molecule has 0 rings (SSSR count). The first-order valence-electron chi connectivity index (χ1n) is 31.1. The Balaban J connectivity index is 4.12. The fourth-order valence-corrected chi connectivity index (χ4v) is 9.05. The van der Waals surface area contributed by atoms with Crippen LogP contribution < -0.4 is 0 Å². The van der Waals surface area contributed by atoms with Gasteiger partial charge in [0.15, 0.2) is 6.10 Å². The average molecular weight is 996 g/mol. The summed E-state index contributed by atoms with van der Waals surface area (Å²) in [6.07, 6.45) is 74.2. The van der Waals surface area contributed by atoms with Gasteiger partial charge in [0.25, 0.3) is 0 Å². The first-order chi connectivity index (χ1) is 35.0. The molecule has 1 unspecified atom stereocenters. The van der Waals surface area contributed by atoms with Crippen LogP contribution >= 0.6 is 0 Å².